The minimum atomic E-state index is -3.39. The number of aryl methyl sites for hydroxylation is 1. The summed E-state index contributed by atoms with van der Waals surface area (Å²) in [5, 5.41) is 24.8. The fraction of sp³-hybridized carbons (Fsp3) is 0.375. The van der Waals surface area contributed by atoms with Gasteiger partial charge in [0.25, 0.3) is 0 Å². The second-order valence-corrected chi connectivity index (χ2v) is 9.22. The molecule has 1 rings (SSSR count). The number of aliphatic carboxylic acids is 2. The number of carboxylic acids is 2. The van der Waals surface area contributed by atoms with Crippen molar-refractivity contribution < 1.29 is 38.1 Å². The number of aliphatic hydroxyl groups is 1. The molecule has 1 aromatic carbocycles. The van der Waals surface area contributed by atoms with Gasteiger partial charge in [0, 0.05) is 23.3 Å². The number of benzene rings is 1. The number of amides is 1. The third-order valence-corrected chi connectivity index (χ3v) is 5.89. The van der Waals surface area contributed by atoms with Crippen molar-refractivity contribution in [2.45, 2.75) is 52.4 Å². The van der Waals surface area contributed by atoms with E-state index in [2.05, 4.69) is 0 Å². The van der Waals surface area contributed by atoms with E-state index in [1.54, 1.807) is 57.2 Å². The number of primary amides is 1. The van der Waals surface area contributed by atoms with Crippen LogP contribution in [0.2, 0.25) is 0 Å². The van der Waals surface area contributed by atoms with Crippen LogP contribution in [0.3, 0.4) is 0 Å². The van der Waals surface area contributed by atoms with E-state index in [9.17, 15) is 22.8 Å². The Balaban J connectivity index is 0. The van der Waals surface area contributed by atoms with Crippen molar-refractivity contribution in [1.82, 2.24) is 0 Å². The van der Waals surface area contributed by atoms with Crippen molar-refractivity contribution in [1.29, 1.82) is 0 Å². The lowest BCUT2D eigenvalue weighted by atomic mass is 10.2. The van der Waals surface area contributed by atoms with E-state index >= 15 is 0 Å². The molecule has 190 valence electrons. The highest BCUT2D eigenvalue weighted by molar-refractivity contribution is 7.91. The van der Waals surface area contributed by atoms with Crippen LogP contribution in [0.1, 0.15) is 46.1 Å². The molecular weight excluding hydrogens is 462 g/mol. The summed E-state index contributed by atoms with van der Waals surface area (Å²) in [6.07, 6.45) is 5.76. The van der Waals surface area contributed by atoms with Crippen molar-refractivity contribution in [3.05, 3.63) is 64.8 Å². The monoisotopic (exact) mass is 497 g/mol. The average Bonchev–Trinajstić information content (AvgIpc) is 2.77. The van der Waals surface area contributed by atoms with Gasteiger partial charge in [-0.3, -0.25) is 4.79 Å². The molecular formula is C24H35NO8S. The van der Waals surface area contributed by atoms with Gasteiger partial charge in [-0.15, -0.1) is 0 Å². The van der Waals surface area contributed by atoms with E-state index in [4.69, 9.17) is 21.1 Å². The Hall–Kier alpha value is -3.24. The van der Waals surface area contributed by atoms with Crippen LogP contribution in [0.4, 0.5) is 0 Å². The van der Waals surface area contributed by atoms with Gasteiger partial charge < -0.3 is 21.1 Å². The number of hydrogen-bond acceptors (Lipinski definition) is 6. The van der Waals surface area contributed by atoms with Crippen LogP contribution in [0.5, 0.6) is 0 Å². The number of sulfone groups is 1. The first-order chi connectivity index (χ1) is 15.7. The first kappa shape index (κ1) is 32.9. The minimum absolute atomic E-state index is 0.114. The van der Waals surface area contributed by atoms with Crippen LogP contribution in [0, 0.1) is 6.92 Å². The molecule has 0 unspecified atom stereocenters. The molecule has 0 bridgehead atoms. The molecule has 10 heteroatoms. The number of rotatable bonds is 9. The largest absolute Gasteiger partial charge is 0.478 e. The maximum Gasteiger partial charge on any atom is 0.330 e. The Kier molecular flexibility index (Phi) is 16.7. The highest BCUT2D eigenvalue weighted by Crippen LogP contribution is 2.12. The van der Waals surface area contributed by atoms with Gasteiger partial charge in [0.1, 0.15) is 0 Å². The van der Waals surface area contributed by atoms with Crippen molar-refractivity contribution in [3.8, 4) is 0 Å². The standard InChI is InChI=1S/C12H15NO3S.C7H12O3.C5H8O2/c1-9-3-5-11(6-4-9)17(15,16)8-7-10(2)12(13)14;1-6(7(9)10)4-2-3-5-8;1-3-4(2)5(6)7/h3-7H,8H2,1-2H3,(H2,13,14);4,8H,2-3,5H2,1H3,(H,9,10);3H,1-2H3,(H,6,7). The Bertz CT molecular complexity index is 1000. The molecule has 0 radical (unpaired) electrons. The molecule has 1 amide bonds. The third kappa shape index (κ3) is 15.5. The Labute approximate surface area is 201 Å². The Morgan fingerprint density at radius 1 is 0.912 bits per heavy atom. The number of carboxylic acid groups (broad SMARTS) is 2. The van der Waals surface area contributed by atoms with Gasteiger partial charge in [-0.2, -0.15) is 0 Å². The summed E-state index contributed by atoms with van der Waals surface area (Å²) in [6.45, 7) is 8.29. The summed E-state index contributed by atoms with van der Waals surface area (Å²) in [5.74, 6) is -2.56. The number of hydrogen-bond donors (Lipinski definition) is 4. The van der Waals surface area contributed by atoms with Crippen LogP contribution < -0.4 is 5.73 Å². The predicted molar refractivity (Wildman–Crippen MR) is 131 cm³/mol. The highest BCUT2D eigenvalue weighted by atomic mass is 32.2. The number of carbonyl (C=O) groups is 3. The second kappa shape index (κ2) is 17.3. The maximum absolute atomic E-state index is 11.9. The van der Waals surface area contributed by atoms with Crippen LogP contribution in [-0.2, 0) is 24.2 Å². The normalized spacial score (nSPS) is 12.0. The molecule has 9 nitrogen and oxygen atoms in total. The van der Waals surface area contributed by atoms with E-state index in [1.165, 1.54) is 13.0 Å². The Morgan fingerprint density at radius 2 is 1.41 bits per heavy atom. The molecule has 0 aliphatic carbocycles. The highest BCUT2D eigenvalue weighted by Gasteiger charge is 2.12. The molecule has 0 saturated heterocycles. The molecule has 5 N–H and O–H groups in total. The lowest BCUT2D eigenvalue weighted by Gasteiger charge is -2.02. The van der Waals surface area contributed by atoms with E-state index in [0.29, 0.717) is 24.0 Å². The molecule has 0 aromatic heterocycles. The topological polar surface area (TPSA) is 172 Å². The fourth-order valence-electron chi connectivity index (χ4n) is 1.80. The van der Waals surface area contributed by atoms with Gasteiger partial charge in [0.15, 0.2) is 9.84 Å². The number of nitrogens with two attached hydrogens (primary N) is 1. The van der Waals surface area contributed by atoms with Gasteiger partial charge in [-0.05, 0) is 59.6 Å². The molecule has 0 saturated carbocycles. The summed E-state index contributed by atoms with van der Waals surface area (Å²) >= 11 is 0. The van der Waals surface area contributed by atoms with Crippen molar-refractivity contribution in [3.63, 3.8) is 0 Å². The van der Waals surface area contributed by atoms with Gasteiger partial charge >= 0.3 is 11.9 Å². The zero-order valence-electron chi connectivity index (χ0n) is 20.2. The summed E-state index contributed by atoms with van der Waals surface area (Å²) in [6, 6.07) is 6.57. The molecule has 0 atom stereocenters. The van der Waals surface area contributed by atoms with Crippen molar-refractivity contribution >= 4 is 27.7 Å². The summed E-state index contributed by atoms with van der Waals surface area (Å²) < 4.78 is 23.7. The predicted octanol–water partition coefficient (Wildman–Crippen LogP) is 3.03. The molecule has 1 aromatic rings. The number of allylic oxidation sites excluding steroid dienone is 2. The minimum Gasteiger partial charge on any atom is -0.478 e. The Morgan fingerprint density at radius 3 is 1.76 bits per heavy atom. The number of unbranched alkanes of at least 4 members (excludes halogenated alkanes) is 1. The van der Waals surface area contributed by atoms with Crippen molar-refractivity contribution in [2.75, 3.05) is 12.4 Å². The van der Waals surface area contributed by atoms with E-state index in [0.717, 1.165) is 5.56 Å². The lowest BCUT2D eigenvalue weighted by Crippen LogP contribution is -2.13. The average molecular weight is 498 g/mol. The van der Waals surface area contributed by atoms with Gasteiger partial charge in [-0.1, -0.05) is 35.9 Å². The van der Waals surface area contributed by atoms with E-state index in [1.807, 2.05) is 6.92 Å². The van der Waals surface area contributed by atoms with E-state index < -0.39 is 27.7 Å². The van der Waals surface area contributed by atoms with Crippen molar-refractivity contribution in [2.24, 2.45) is 5.73 Å². The quantitative estimate of drug-likeness (QED) is 0.298. The summed E-state index contributed by atoms with van der Waals surface area (Å²) in [4.78, 5) is 31.0. The van der Waals surface area contributed by atoms with Crippen LogP contribution >= 0.6 is 0 Å². The third-order valence-electron chi connectivity index (χ3n) is 4.30. The van der Waals surface area contributed by atoms with Crippen LogP contribution in [-0.4, -0.2) is 53.9 Å². The van der Waals surface area contributed by atoms with Crippen LogP contribution in [0.15, 0.2) is 64.1 Å². The van der Waals surface area contributed by atoms with Gasteiger partial charge in [-0.25, -0.2) is 18.0 Å². The first-order valence-electron chi connectivity index (χ1n) is 10.3. The second-order valence-electron chi connectivity index (χ2n) is 7.18. The summed E-state index contributed by atoms with van der Waals surface area (Å²) in [7, 11) is -3.39. The SMILES string of the molecule is CC(=CCCCO)C(=O)O.CC(=CCS(=O)(=O)c1ccc(C)cc1)C(N)=O.CC=C(C)C(=O)O. The molecule has 34 heavy (non-hydrogen) atoms. The molecule has 0 spiro atoms. The molecule has 0 heterocycles. The van der Waals surface area contributed by atoms with Gasteiger partial charge in [0.2, 0.25) is 5.91 Å². The number of carbonyl (C=O) groups excluding carboxylic acids is 1. The molecule has 0 aliphatic heterocycles. The zero-order chi connectivity index (χ0) is 26.9. The van der Waals surface area contributed by atoms with Gasteiger partial charge in [0.05, 0.1) is 10.6 Å². The smallest absolute Gasteiger partial charge is 0.330 e. The fourth-order valence-corrected chi connectivity index (χ4v) is 3.01. The lowest BCUT2D eigenvalue weighted by molar-refractivity contribution is -0.133. The summed E-state index contributed by atoms with van der Waals surface area (Å²) in [5.41, 5.74) is 7.00. The number of aliphatic hydroxyl groups excluding tert-OH is 1. The molecule has 0 fully saturated rings. The van der Waals surface area contributed by atoms with Crippen LogP contribution in [0.25, 0.3) is 0 Å². The van der Waals surface area contributed by atoms with E-state index in [-0.39, 0.29) is 22.8 Å². The first-order valence-corrected chi connectivity index (χ1v) is 12.0. The zero-order valence-corrected chi connectivity index (χ0v) is 21.1. The molecule has 0 aliphatic rings. The maximum atomic E-state index is 11.9.